The van der Waals surface area contributed by atoms with Crippen LogP contribution < -0.4 is 4.74 Å². The van der Waals surface area contributed by atoms with Crippen molar-refractivity contribution in [3.8, 4) is 17.1 Å². The molecule has 150 valence electrons. The highest BCUT2D eigenvalue weighted by Gasteiger charge is 2.27. The fourth-order valence-electron chi connectivity index (χ4n) is 3.26. The number of aromatic amines is 1. The van der Waals surface area contributed by atoms with Gasteiger partial charge in [0, 0.05) is 30.8 Å². The van der Waals surface area contributed by atoms with E-state index in [-0.39, 0.29) is 17.3 Å². The Labute approximate surface area is 165 Å². The molecule has 0 unspecified atom stereocenters. The largest absolute Gasteiger partial charge is 0.415 e. The number of halogens is 2. The molecule has 0 bridgehead atoms. The summed E-state index contributed by atoms with van der Waals surface area (Å²) in [4.78, 5) is 22.4. The zero-order valence-electron chi connectivity index (χ0n) is 15.7. The number of rotatable bonds is 3. The molecule has 1 saturated heterocycles. The molecule has 1 aromatic carbocycles. The first-order valence-corrected chi connectivity index (χ1v) is 9.27. The van der Waals surface area contributed by atoms with Gasteiger partial charge in [-0.15, -0.1) is 0 Å². The second-order valence-electron chi connectivity index (χ2n) is 6.93. The number of ether oxygens (including phenoxy) is 1. The van der Waals surface area contributed by atoms with E-state index in [1.165, 1.54) is 18.3 Å². The third-order valence-electron chi connectivity index (χ3n) is 4.90. The van der Waals surface area contributed by atoms with E-state index in [0.29, 0.717) is 37.5 Å². The van der Waals surface area contributed by atoms with Gasteiger partial charge in [-0.2, -0.15) is 5.10 Å². The SMILES string of the molecule is Cc1ccc(OC(=O)N2CCC(c3nc(-c4ccc(F)cc4F)n[nH]3)CC2)cn1. The monoisotopic (exact) mass is 399 g/mol. The first-order valence-electron chi connectivity index (χ1n) is 9.27. The lowest BCUT2D eigenvalue weighted by molar-refractivity contribution is 0.138. The highest BCUT2D eigenvalue weighted by molar-refractivity contribution is 5.70. The lowest BCUT2D eigenvalue weighted by atomic mass is 9.96. The molecule has 0 radical (unpaired) electrons. The van der Waals surface area contributed by atoms with E-state index in [2.05, 4.69) is 20.2 Å². The van der Waals surface area contributed by atoms with Gasteiger partial charge in [0.15, 0.2) is 11.6 Å². The number of nitrogens with one attached hydrogen (secondary N) is 1. The van der Waals surface area contributed by atoms with Crippen LogP contribution in [-0.2, 0) is 0 Å². The minimum atomic E-state index is -0.710. The zero-order chi connectivity index (χ0) is 20.4. The number of H-pyrrole nitrogens is 1. The second kappa shape index (κ2) is 7.94. The van der Waals surface area contributed by atoms with Crippen molar-refractivity contribution in [2.75, 3.05) is 13.1 Å². The Morgan fingerprint density at radius 3 is 2.69 bits per heavy atom. The Morgan fingerprint density at radius 2 is 2.00 bits per heavy atom. The molecule has 1 amide bonds. The zero-order valence-corrected chi connectivity index (χ0v) is 15.7. The lowest BCUT2D eigenvalue weighted by Crippen LogP contribution is -2.39. The summed E-state index contributed by atoms with van der Waals surface area (Å²) in [5.41, 5.74) is 0.985. The van der Waals surface area contributed by atoms with Crippen molar-refractivity contribution in [3.63, 3.8) is 0 Å². The van der Waals surface area contributed by atoms with Gasteiger partial charge in [-0.05, 0) is 44.0 Å². The van der Waals surface area contributed by atoms with Gasteiger partial charge in [-0.3, -0.25) is 10.1 Å². The van der Waals surface area contributed by atoms with Gasteiger partial charge in [0.2, 0.25) is 0 Å². The summed E-state index contributed by atoms with van der Waals surface area (Å²) >= 11 is 0. The topological polar surface area (TPSA) is 84.0 Å². The smallest absolute Gasteiger partial charge is 0.409 e. The van der Waals surface area contributed by atoms with Crippen molar-refractivity contribution in [1.29, 1.82) is 0 Å². The minimum Gasteiger partial charge on any atom is -0.409 e. The molecule has 29 heavy (non-hydrogen) atoms. The number of likely N-dealkylation sites (tertiary alicyclic amines) is 1. The Morgan fingerprint density at radius 1 is 1.21 bits per heavy atom. The van der Waals surface area contributed by atoms with Crippen LogP contribution in [0.15, 0.2) is 36.5 Å². The molecule has 7 nitrogen and oxygen atoms in total. The van der Waals surface area contributed by atoms with Gasteiger partial charge in [0.1, 0.15) is 17.5 Å². The lowest BCUT2D eigenvalue weighted by Gasteiger charge is -2.30. The van der Waals surface area contributed by atoms with E-state index >= 15 is 0 Å². The van der Waals surface area contributed by atoms with E-state index in [9.17, 15) is 13.6 Å². The quantitative estimate of drug-likeness (QED) is 0.724. The van der Waals surface area contributed by atoms with Gasteiger partial charge in [-0.25, -0.2) is 18.6 Å². The summed E-state index contributed by atoms with van der Waals surface area (Å²) < 4.78 is 32.4. The van der Waals surface area contributed by atoms with Crippen LogP contribution >= 0.6 is 0 Å². The maximum Gasteiger partial charge on any atom is 0.415 e. The number of carbonyl (C=O) groups excluding carboxylic acids is 1. The van der Waals surface area contributed by atoms with E-state index in [1.54, 1.807) is 17.0 Å². The van der Waals surface area contributed by atoms with Crippen molar-refractivity contribution in [1.82, 2.24) is 25.1 Å². The number of hydrogen-bond acceptors (Lipinski definition) is 5. The summed E-state index contributed by atoms with van der Waals surface area (Å²) in [6, 6.07) is 6.77. The van der Waals surface area contributed by atoms with Gasteiger partial charge in [0.25, 0.3) is 0 Å². The maximum atomic E-state index is 13.9. The summed E-state index contributed by atoms with van der Waals surface area (Å²) in [5, 5.41) is 6.90. The van der Waals surface area contributed by atoms with Crippen LogP contribution in [0.4, 0.5) is 13.6 Å². The van der Waals surface area contributed by atoms with Crippen LogP contribution in [0.25, 0.3) is 11.4 Å². The fourth-order valence-corrected chi connectivity index (χ4v) is 3.26. The molecule has 0 spiro atoms. The molecule has 4 rings (SSSR count). The Kier molecular flexibility index (Phi) is 5.20. The molecule has 9 heteroatoms. The van der Waals surface area contributed by atoms with Gasteiger partial charge >= 0.3 is 6.09 Å². The number of carbonyl (C=O) groups is 1. The summed E-state index contributed by atoms with van der Waals surface area (Å²) in [6.45, 7) is 2.86. The average molecular weight is 399 g/mol. The number of aromatic nitrogens is 4. The van der Waals surface area contributed by atoms with Crippen LogP contribution in [0.1, 0.15) is 30.3 Å². The first-order chi connectivity index (χ1) is 14.0. The number of nitrogens with zero attached hydrogens (tertiary/aromatic N) is 4. The van der Waals surface area contributed by atoms with Gasteiger partial charge in [-0.1, -0.05) is 0 Å². The van der Waals surface area contributed by atoms with Crippen molar-refractivity contribution >= 4 is 6.09 Å². The molecular formula is C20H19F2N5O2. The highest BCUT2D eigenvalue weighted by Crippen LogP contribution is 2.28. The van der Waals surface area contributed by atoms with E-state index in [4.69, 9.17) is 4.74 Å². The van der Waals surface area contributed by atoms with Crippen LogP contribution in [0.5, 0.6) is 5.75 Å². The first kappa shape index (κ1) is 19.0. The molecular weight excluding hydrogens is 380 g/mol. The van der Waals surface area contributed by atoms with Crippen molar-refractivity contribution in [3.05, 3.63) is 59.7 Å². The molecule has 1 N–H and O–H groups in total. The normalized spacial score (nSPS) is 14.8. The molecule has 1 fully saturated rings. The number of amides is 1. The number of hydrogen-bond donors (Lipinski definition) is 1. The number of pyridine rings is 1. The number of piperidine rings is 1. The molecule has 2 aromatic heterocycles. The third-order valence-corrected chi connectivity index (χ3v) is 4.90. The van der Waals surface area contributed by atoms with Gasteiger partial charge < -0.3 is 9.64 Å². The van der Waals surface area contributed by atoms with Crippen LogP contribution in [0, 0.1) is 18.6 Å². The second-order valence-corrected chi connectivity index (χ2v) is 6.93. The third kappa shape index (κ3) is 4.23. The summed E-state index contributed by atoms with van der Waals surface area (Å²) in [6.07, 6.45) is 2.44. The summed E-state index contributed by atoms with van der Waals surface area (Å²) in [7, 11) is 0. The van der Waals surface area contributed by atoms with Crippen LogP contribution in [0.2, 0.25) is 0 Å². The Hall–Kier alpha value is -3.36. The molecule has 1 aliphatic heterocycles. The van der Waals surface area contributed by atoms with Crippen LogP contribution in [-0.4, -0.2) is 44.2 Å². The molecule has 1 aliphatic rings. The minimum absolute atomic E-state index is 0.0600. The molecule has 0 atom stereocenters. The number of benzene rings is 1. The molecule has 3 aromatic rings. The standard InChI is InChI=1S/C20H19F2N5O2/c1-12-2-4-15(11-23-12)29-20(28)27-8-6-13(7-9-27)18-24-19(26-25-18)16-5-3-14(21)10-17(16)22/h2-5,10-11,13H,6-9H2,1H3,(H,24,25,26). The van der Waals surface area contributed by atoms with E-state index < -0.39 is 17.7 Å². The van der Waals surface area contributed by atoms with E-state index in [0.717, 1.165) is 11.8 Å². The fraction of sp³-hybridized carbons (Fsp3) is 0.300. The van der Waals surface area contributed by atoms with Crippen molar-refractivity contribution in [2.45, 2.75) is 25.7 Å². The highest BCUT2D eigenvalue weighted by atomic mass is 19.1. The van der Waals surface area contributed by atoms with E-state index in [1.807, 2.05) is 6.92 Å². The van der Waals surface area contributed by atoms with Crippen molar-refractivity contribution in [2.24, 2.45) is 0 Å². The average Bonchev–Trinajstić information content (AvgIpc) is 3.20. The van der Waals surface area contributed by atoms with Gasteiger partial charge in [0.05, 0.1) is 11.8 Å². The Balaban J connectivity index is 1.36. The molecule has 0 aliphatic carbocycles. The Bertz CT molecular complexity index is 1010. The summed E-state index contributed by atoms with van der Waals surface area (Å²) in [5.74, 6) is -0.0825. The molecule has 3 heterocycles. The molecule has 0 saturated carbocycles. The predicted molar refractivity (Wildman–Crippen MR) is 100 cm³/mol. The number of aryl methyl sites for hydroxylation is 1. The van der Waals surface area contributed by atoms with Crippen LogP contribution in [0.3, 0.4) is 0 Å². The predicted octanol–water partition coefficient (Wildman–Crippen LogP) is 3.83. The maximum absolute atomic E-state index is 13.9. The van der Waals surface area contributed by atoms with Crippen molar-refractivity contribution < 1.29 is 18.3 Å².